The maximum atomic E-state index is 6.14. The summed E-state index contributed by atoms with van der Waals surface area (Å²) in [5.41, 5.74) is 8.88. The van der Waals surface area contributed by atoms with Crippen molar-refractivity contribution in [2.45, 2.75) is 12.8 Å². The van der Waals surface area contributed by atoms with Crippen LogP contribution in [-0.2, 0) is 12.8 Å². The number of aromatic nitrogens is 2. The lowest BCUT2D eigenvalue weighted by atomic mass is 10.1. The van der Waals surface area contributed by atoms with Crippen LogP contribution in [0.5, 0.6) is 0 Å². The van der Waals surface area contributed by atoms with Crippen LogP contribution in [0.3, 0.4) is 0 Å². The third-order valence-corrected chi connectivity index (χ3v) is 3.73. The number of halogens is 2. The highest BCUT2D eigenvalue weighted by atomic mass is 35.5. The lowest BCUT2D eigenvalue weighted by Gasteiger charge is -2.01. The summed E-state index contributed by atoms with van der Waals surface area (Å²) in [6.45, 7) is 0. The molecule has 3 rings (SSSR count). The van der Waals surface area contributed by atoms with Crippen molar-refractivity contribution < 1.29 is 0 Å². The molecule has 0 amide bonds. The molecule has 3 nitrogen and oxygen atoms in total. The highest BCUT2D eigenvalue weighted by Gasteiger charge is 2.12. The van der Waals surface area contributed by atoms with Gasteiger partial charge in [-0.25, -0.2) is 4.98 Å². The minimum absolute atomic E-state index is 0.509. The van der Waals surface area contributed by atoms with Crippen LogP contribution in [0.4, 0.5) is 5.82 Å². The van der Waals surface area contributed by atoms with E-state index in [1.807, 2.05) is 18.2 Å². The molecule has 0 aliphatic heterocycles. The van der Waals surface area contributed by atoms with E-state index in [-0.39, 0.29) is 0 Å². The standard InChI is InChI=1S/C15H13Cl2N3/c16-11-8-12(17)15-19-13(14(18)20(15)9-11)7-6-10-4-2-1-3-5-10/h1-5,8-9H,6-7,18H2. The SMILES string of the molecule is Nc1c(CCc2ccccc2)nc2c(Cl)cc(Cl)cn12. The van der Waals surface area contributed by atoms with Crippen LogP contribution >= 0.6 is 23.2 Å². The van der Waals surface area contributed by atoms with Gasteiger partial charge in [0.25, 0.3) is 0 Å². The Hall–Kier alpha value is -1.71. The summed E-state index contributed by atoms with van der Waals surface area (Å²) in [5, 5.41) is 1.05. The molecule has 0 saturated carbocycles. The molecular weight excluding hydrogens is 293 g/mol. The minimum atomic E-state index is 0.509. The van der Waals surface area contributed by atoms with Gasteiger partial charge in [-0.15, -0.1) is 0 Å². The Morgan fingerprint density at radius 1 is 1.10 bits per heavy atom. The highest BCUT2D eigenvalue weighted by molar-refractivity contribution is 6.36. The smallest absolute Gasteiger partial charge is 0.157 e. The molecule has 0 radical (unpaired) electrons. The molecule has 0 unspecified atom stereocenters. The first kappa shape index (κ1) is 13.3. The second-order valence-electron chi connectivity index (χ2n) is 4.63. The summed E-state index contributed by atoms with van der Waals surface area (Å²) in [7, 11) is 0. The topological polar surface area (TPSA) is 43.3 Å². The predicted molar refractivity (Wildman–Crippen MR) is 83.5 cm³/mol. The zero-order valence-electron chi connectivity index (χ0n) is 10.7. The van der Waals surface area contributed by atoms with Crippen molar-refractivity contribution in [1.82, 2.24) is 9.38 Å². The van der Waals surface area contributed by atoms with E-state index < -0.39 is 0 Å². The van der Waals surface area contributed by atoms with Gasteiger partial charge in [-0.3, -0.25) is 4.40 Å². The van der Waals surface area contributed by atoms with Gasteiger partial charge in [0.2, 0.25) is 0 Å². The number of anilines is 1. The van der Waals surface area contributed by atoms with Crippen LogP contribution in [0.2, 0.25) is 10.0 Å². The molecule has 0 aliphatic carbocycles. The van der Waals surface area contributed by atoms with Crippen molar-refractivity contribution in [3.05, 3.63) is 63.9 Å². The number of imidazole rings is 1. The second-order valence-corrected chi connectivity index (χ2v) is 5.47. The Bertz CT molecular complexity index is 751. The van der Waals surface area contributed by atoms with Gasteiger partial charge in [0.1, 0.15) is 5.82 Å². The largest absolute Gasteiger partial charge is 0.383 e. The maximum Gasteiger partial charge on any atom is 0.157 e. The van der Waals surface area contributed by atoms with Gasteiger partial charge in [0, 0.05) is 6.20 Å². The Labute approximate surface area is 127 Å². The third-order valence-electron chi connectivity index (χ3n) is 3.25. The normalized spacial score (nSPS) is 11.1. The van der Waals surface area contributed by atoms with Gasteiger partial charge in [-0.05, 0) is 24.5 Å². The number of hydrogen-bond acceptors (Lipinski definition) is 2. The summed E-state index contributed by atoms with van der Waals surface area (Å²) in [5.74, 6) is 0.598. The molecule has 0 atom stereocenters. The van der Waals surface area contributed by atoms with E-state index in [0.29, 0.717) is 21.5 Å². The lowest BCUT2D eigenvalue weighted by Crippen LogP contribution is -1.98. The predicted octanol–water partition coefficient (Wildman–Crippen LogP) is 4.01. The van der Waals surface area contributed by atoms with E-state index >= 15 is 0 Å². The Morgan fingerprint density at radius 2 is 1.85 bits per heavy atom. The molecule has 2 aromatic heterocycles. The number of nitrogens with zero attached hydrogens (tertiary/aromatic N) is 2. The van der Waals surface area contributed by atoms with Gasteiger partial charge in [-0.2, -0.15) is 0 Å². The molecule has 0 spiro atoms. The van der Waals surface area contributed by atoms with Crippen molar-refractivity contribution in [1.29, 1.82) is 0 Å². The van der Waals surface area contributed by atoms with E-state index in [2.05, 4.69) is 17.1 Å². The summed E-state index contributed by atoms with van der Waals surface area (Å²) in [6, 6.07) is 11.9. The third kappa shape index (κ3) is 2.47. The van der Waals surface area contributed by atoms with E-state index in [1.165, 1.54) is 5.56 Å². The van der Waals surface area contributed by atoms with Gasteiger partial charge in [0.05, 0.1) is 15.7 Å². The van der Waals surface area contributed by atoms with Gasteiger partial charge in [-0.1, -0.05) is 53.5 Å². The zero-order valence-corrected chi connectivity index (χ0v) is 12.2. The summed E-state index contributed by atoms with van der Waals surface area (Å²) in [6.07, 6.45) is 3.39. The monoisotopic (exact) mass is 305 g/mol. The first-order chi connectivity index (χ1) is 9.65. The molecular formula is C15H13Cl2N3. The van der Waals surface area contributed by atoms with Crippen LogP contribution in [0.15, 0.2) is 42.6 Å². The summed E-state index contributed by atoms with van der Waals surface area (Å²) < 4.78 is 1.74. The fourth-order valence-corrected chi connectivity index (χ4v) is 2.74. The lowest BCUT2D eigenvalue weighted by molar-refractivity contribution is 0.931. The van der Waals surface area contributed by atoms with Crippen molar-refractivity contribution >= 4 is 34.7 Å². The molecule has 0 aliphatic rings. The summed E-state index contributed by atoms with van der Waals surface area (Å²) >= 11 is 12.1. The number of benzene rings is 1. The van der Waals surface area contributed by atoms with Crippen molar-refractivity contribution in [2.75, 3.05) is 5.73 Å². The van der Waals surface area contributed by atoms with E-state index in [1.54, 1.807) is 16.7 Å². The zero-order chi connectivity index (χ0) is 14.1. The molecule has 20 heavy (non-hydrogen) atoms. The second kappa shape index (κ2) is 5.35. The molecule has 5 heteroatoms. The molecule has 0 saturated heterocycles. The van der Waals surface area contributed by atoms with Crippen LogP contribution in [0.1, 0.15) is 11.3 Å². The first-order valence-electron chi connectivity index (χ1n) is 6.30. The maximum absolute atomic E-state index is 6.14. The van der Waals surface area contributed by atoms with Gasteiger partial charge in [0.15, 0.2) is 5.65 Å². The number of hydrogen-bond donors (Lipinski definition) is 1. The fourth-order valence-electron chi connectivity index (χ4n) is 2.23. The van der Waals surface area contributed by atoms with Crippen LogP contribution < -0.4 is 5.73 Å². The van der Waals surface area contributed by atoms with E-state index in [0.717, 1.165) is 18.5 Å². The highest BCUT2D eigenvalue weighted by Crippen LogP contribution is 2.26. The minimum Gasteiger partial charge on any atom is -0.383 e. The van der Waals surface area contributed by atoms with E-state index in [9.17, 15) is 0 Å². The number of pyridine rings is 1. The molecule has 0 fully saturated rings. The number of aryl methyl sites for hydroxylation is 2. The Balaban J connectivity index is 1.93. The number of fused-ring (bicyclic) bond motifs is 1. The quantitative estimate of drug-likeness (QED) is 0.794. The molecule has 0 bridgehead atoms. The number of rotatable bonds is 3. The van der Waals surface area contributed by atoms with Crippen LogP contribution in [0.25, 0.3) is 5.65 Å². The molecule has 2 N–H and O–H groups in total. The van der Waals surface area contributed by atoms with Gasteiger partial charge < -0.3 is 5.73 Å². The van der Waals surface area contributed by atoms with E-state index in [4.69, 9.17) is 28.9 Å². The average molecular weight is 306 g/mol. The summed E-state index contributed by atoms with van der Waals surface area (Å²) in [4.78, 5) is 4.52. The van der Waals surface area contributed by atoms with Crippen LogP contribution in [0, 0.1) is 0 Å². The van der Waals surface area contributed by atoms with Crippen molar-refractivity contribution in [2.24, 2.45) is 0 Å². The average Bonchev–Trinajstić information content (AvgIpc) is 2.75. The molecule has 102 valence electrons. The molecule has 2 heterocycles. The Morgan fingerprint density at radius 3 is 2.60 bits per heavy atom. The molecule has 1 aromatic carbocycles. The van der Waals surface area contributed by atoms with Gasteiger partial charge >= 0.3 is 0 Å². The van der Waals surface area contributed by atoms with Crippen molar-refractivity contribution in [3.63, 3.8) is 0 Å². The van der Waals surface area contributed by atoms with Crippen LogP contribution in [-0.4, -0.2) is 9.38 Å². The Kier molecular flexibility index (Phi) is 3.55. The fraction of sp³-hybridized carbons (Fsp3) is 0.133. The molecule has 3 aromatic rings. The first-order valence-corrected chi connectivity index (χ1v) is 7.06. The number of nitrogen functional groups attached to an aromatic ring is 1. The van der Waals surface area contributed by atoms with Crippen molar-refractivity contribution in [3.8, 4) is 0 Å². The number of nitrogens with two attached hydrogens (primary N) is 1.